The van der Waals surface area contributed by atoms with Gasteiger partial charge >= 0.3 is 6.18 Å². The van der Waals surface area contributed by atoms with Crippen molar-refractivity contribution in [3.8, 4) is 0 Å². The van der Waals surface area contributed by atoms with E-state index < -0.39 is 21.7 Å². The summed E-state index contributed by atoms with van der Waals surface area (Å²) in [5.74, 6) is 0. The molecule has 2 rings (SSSR count). The molecule has 1 fully saturated rings. The van der Waals surface area contributed by atoms with Gasteiger partial charge in [-0.2, -0.15) is 17.9 Å². The van der Waals surface area contributed by atoms with E-state index in [-0.39, 0.29) is 17.7 Å². The van der Waals surface area contributed by atoms with Crippen molar-refractivity contribution >= 4 is 15.7 Å². The molecular formula is C10H11F3N2O2S. The van der Waals surface area contributed by atoms with Crippen LogP contribution in [-0.4, -0.2) is 20.1 Å². The molecule has 1 aromatic carbocycles. The number of sulfonamides is 1. The molecule has 8 heteroatoms. The number of nitrogen functional groups attached to an aromatic ring is 1. The number of hydrogen-bond acceptors (Lipinski definition) is 3. The van der Waals surface area contributed by atoms with E-state index in [1.807, 2.05) is 0 Å². The summed E-state index contributed by atoms with van der Waals surface area (Å²) in [4.78, 5) is -0.229. The smallest absolute Gasteiger partial charge is 0.399 e. The summed E-state index contributed by atoms with van der Waals surface area (Å²) < 4.78 is 63.3. The Morgan fingerprint density at radius 2 is 1.67 bits per heavy atom. The molecule has 18 heavy (non-hydrogen) atoms. The van der Waals surface area contributed by atoms with Crippen LogP contribution in [0.15, 0.2) is 29.2 Å². The first kappa shape index (κ1) is 13.2. The predicted molar refractivity (Wildman–Crippen MR) is 59.2 cm³/mol. The number of alkyl halides is 3. The van der Waals surface area contributed by atoms with Crippen LogP contribution in [0.4, 0.5) is 18.9 Å². The number of halogens is 3. The Bertz CT molecular complexity index is 547. The molecule has 1 saturated carbocycles. The van der Waals surface area contributed by atoms with Gasteiger partial charge in [-0.15, -0.1) is 0 Å². The Kier molecular flexibility index (Phi) is 2.82. The summed E-state index contributed by atoms with van der Waals surface area (Å²) in [7, 11) is -4.18. The van der Waals surface area contributed by atoms with Gasteiger partial charge in [-0.05, 0) is 37.1 Å². The zero-order chi connectivity index (χ0) is 13.6. The van der Waals surface area contributed by atoms with Crippen LogP contribution in [0.5, 0.6) is 0 Å². The molecule has 3 N–H and O–H groups in total. The molecular weight excluding hydrogens is 269 g/mol. The minimum Gasteiger partial charge on any atom is -0.399 e. The molecule has 1 aliphatic rings. The van der Waals surface area contributed by atoms with Gasteiger partial charge in [0, 0.05) is 5.69 Å². The summed E-state index contributed by atoms with van der Waals surface area (Å²) in [5.41, 5.74) is 3.42. The highest BCUT2D eigenvalue weighted by Gasteiger charge is 2.65. The molecule has 0 spiro atoms. The minimum atomic E-state index is -4.58. The van der Waals surface area contributed by atoms with Crippen molar-refractivity contribution in [2.75, 3.05) is 5.73 Å². The summed E-state index contributed by atoms with van der Waals surface area (Å²) >= 11 is 0. The molecule has 4 nitrogen and oxygen atoms in total. The van der Waals surface area contributed by atoms with E-state index >= 15 is 0 Å². The summed E-state index contributed by atoms with van der Waals surface area (Å²) in [5, 5.41) is 0. The highest BCUT2D eigenvalue weighted by Crippen LogP contribution is 2.49. The molecule has 0 amide bonds. The Hall–Kier alpha value is -1.28. The van der Waals surface area contributed by atoms with Gasteiger partial charge in [0.25, 0.3) is 0 Å². The zero-order valence-electron chi connectivity index (χ0n) is 9.16. The molecule has 100 valence electrons. The van der Waals surface area contributed by atoms with E-state index in [4.69, 9.17) is 5.73 Å². The third-order valence-electron chi connectivity index (χ3n) is 2.81. The van der Waals surface area contributed by atoms with Crippen molar-refractivity contribution in [2.45, 2.75) is 29.5 Å². The van der Waals surface area contributed by atoms with Gasteiger partial charge in [-0.25, -0.2) is 8.42 Å². The third-order valence-corrected chi connectivity index (χ3v) is 4.36. The Morgan fingerprint density at radius 3 is 2.06 bits per heavy atom. The van der Waals surface area contributed by atoms with Crippen LogP contribution >= 0.6 is 0 Å². The van der Waals surface area contributed by atoms with Crippen molar-refractivity contribution in [1.82, 2.24) is 4.72 Å². The second-order valence-electron chi connectivity index (χ2n) is 4.25. The fourth-order valence-electron chi connectivity index (χ4n) is 1.53. The van der Waals surface area contributed by atoms with Crippen LogP contribution in [0.25, 0.3) is 0 Å². The Labute approximate surface area is 102 Å². The van der Waals surface area contributed by atoms with Gasteiger partial charge in [0.1, 0.15) is 5.54 Å². The standard InChI is InChI=1S/C10H11F3N2O2S/c11-10(12,13)9(5-6-9)15-18(16,17)8-3-1-7(14)2-4-8/h1-4,15H,5-6,14H2. The lowest BCUT2D eigenvalue weighted by molar-refractivity contribution is -0.160. The summed E-state index contributed by atoms with van der Waals surface area (Å²) in [6.45, 7) is 0. The van der Waals surface area contributed by atoms with Gasteiger partial charge in [0.2, 0.25) is 10.0 Å². The number of nitrogens with two attached hydrogens (primary N) is 1. The van der Waals surface area contributed by atoms with Crippen molar-refractivity contribution in [1.29, 1.82) is 0 Å². The van der Waals surface area contributed by atoms with Crippen molar-refractivity contribution < 1.29 is 21.6 Å². The second kappa shape index (κ2) is 3.86. The van der Waals surface area contributed by atoms with Gasteiger partial charge in [-0.1, -0.05) is 0 Å². The lowest BCUT2D eigenvalue weighted by Crippen LogP contribution is -2.47. The Morgan fingerprint density at radius 1 is 1.17 bits per heavy atom. The van der Waals surface area contributed by atoms with Gasteiger partial charge < -0.3 is 5.73 Å². The van der Waals surface area contributed by atoms with Crippen LogP contribution < -0.4 is 10.5 Å². The minimum absolute atomic E-state index is 0.229. The second-order valence-corrected chi connectivity index (χ2v) is 5.94. The molecule has 0 radical (unpaired) electrons. The first-order chi connectivity index (χ1) is 8.16. The zero-order valence-corrected chi connectivity index (χ0v) is 9.98. The lowest BCUT2D eigenvalue weighted by Gasteiger charge is -2.20. The van der Waals surface area contributed by atoms with Crippen LogP contribution in [0.2, 0.25) is 0 Å². The van der Waals surface area contributed by atoms with Crippen LogP contribution in [0.1, 0.15) is 12.8 Å². The molecule has 0 bridgehead atoms. The van der Waals surface area contributed by atoms with Gasteiger partial charge in [0.15, 0.2) is 0 Å². The molecule has 0 unspecified atom stereocenters. The first-order valence-electron chi connectivity index (χ1n) is 5.13. The molecule has 1 aromatic rings. The normalized spacial score (nSPS) is 18.6. The largest absolute Gasteiger partial charge is 0.407 e. The average molecular weight is 280 g/mol. The number of hydrogen-bond donors (Lipinski definition) is 2. The van der Waals surface area contributed by atoms with Crippen molar-refractivity contribution in [3.63, 3.8) is 0 Å². The number of anilines is 1. The maximum atomic E-state index is 12.7. The summed E-state index contributed by atoms with van der Waals surface area (Å²) in [6, 6.07) is 4.98. The quantitative estimate of drug-likeness (QED) is 0.827. The van der Waals surface area contributed by atoms with E-state index in [1.54, 1.807) is 4.72 Å². The van der Waals surface area contributed by atoms with Crippen LogP contribution in [0.3, 0.4) is 0 Å². The van der Waals surface area contributed by atoms with E-state index in [1.165, 1.54) is 24.3 Å². The monoisotopic (exact) mass is 280 g/mol. The molecule has 0 atom stereocenters. The first-order valence-corrected chi connectivity index (χ1v) is 6.61. The van der Waals surface area contributed by atoms with Gasteiger partial charge in [-0.3, -0.25) is 0 Å². The van der Waals surface area contributed by atoms with Crippen LogP contribution in [-0.2, 0) is 10.0 Å². The molecule has 0 aliphatic heterocycles. The SMILES string of the molecule is Nc1ccc(S(=O)(=O)NC2(C(F)(F)F)CC2)cc1. The van der Waals surface area contributed by atoms with Crippen molar-refractivity contribution in [2.24, 2.45) is 0 Å². The van der Waals surface area contributed by atoms with Crippen LogP contribution in [0, 0.1) is 0 Å². The number of benzene rings is 1. The maximum Gasteiger partial charge on any atom is 0.407 e. The highest BCUT2D eigenvalue weighted by atomic mass is 32.2. The third kappa shape index (κ3) is 2.30. The van der Waals surface area contributed by atoms with E-state index in [0.29, 0.717) is 5.69 Å². The average Bonchev–Trinajstić information content (AvgIpc) is 2.97. The highest BCUT2D eigenvalue weighted by molar-refractivity contribution is 7.89. The molecule has 0 heterocycles. The predicted octanol–water partition coefficient (Wildman–Crippen LogP) is 1.64. The van der Waals surface area contributed by atoms with Gasteiger partial charge in [0.05, 0.1) is 4.90 Å². The van der Waals surface area contributed by atoms with E-state index in [9.17, 15) is 21.6 Å². The maximum absolute atomic E-state index is 12.7. The van der Waals surface area contributed by atoms with E-state index in [0.717, 1.165) is 0 Å². The van der Waals surface area contributed by atoms with Crippen molar-refractivity contribution in [3.05, 3.63) is 24.3 Å². The topological polar surface area (TPSA) is 72.2 Å². The molecule has 1 aliphatic carbocycles. The number of nitrogens with one attached hydrogen (secondary N) is 1. The molecule has 0 saturated heterocycles. The fourth-order valence-corrected chi connectivity index (χ4v) is 2.98. The lowest BCUT2D eigenvalue weighted by atomic mass is 10.3. The summed E-state index contributed by atoms with van der Waals surface area (Å²) in [6.07, 6.45) is -5.04. The van der Waals surface area contributed by atoms with E-state index in [2.05, 4.69) is 0 Å². The fraction of sp³-hybridized carbons (Fsp3) is 0.400. The number of rotatable bonds is 3. The Balaban J connectivity index is 2.26. The molecule has 0 aromatic heterocycles.